The van der Waals surface area contributed by atoms with Gasteiger partial charge in [-0.25, -0.2) is 0 Å². The molecule has 0 aliphatic rings. The maximum absolute atomic E-state index is 12.2. The van der Waals surface area contributed by atoms with Crippen LogP contribution in [-0.4, -0.2) is 9.55 Å². The molecule has 23 heavy (non-hydrogen) atoms. The van der Waals surface area contributed by atoms with Gasteiger partial charge in [0.15, 0.2) is 5.43 Å². The molecule has 0 spiro atoms. The molecule has 0 unspecified atom stereocenters. The van der Waals surface area contributed by atoms with Crippen molar-refractivity contribution >= 4 is 0 Å². The first-order valence-corrected chi connectivity index (χ1v) is 7.86. The smallest absolute Gasteiger partial charge is 0.185 e. The van der Waals surface area contributed by atoms with Gasteiger partial charge in [0.2, 0.25) is 0 Å². The highest BCUT2D eigenvalue weighted by molar-refractivity contribution is 5.24. The van der Waals surface area contributed by atoms with Crippen LogP contribution < -0.4 is 5.43 Å². The van der Waals surface area contributed by atoms with Gasteiger partial charge in [0, 0.05) is 42.5 Å². The lowest BCUT2D eigenvalue weighted by Gasteiger charge is -2.14. The van der Waals surface area contributed by atoms with E-state index in [9.17, 15) is 4.79 Å². The van der Waals surface area contributed by atoms with Crippen LogP contribution in [0.15, 0.2) is 71.9 Å². The van der Waals surface area contributed by atoms with Crippen LogP contribution in [0.5, 0.6) is 0 Å². The zero-order valence-electron chi connectivity index (χ0n) is 13.3. The Morgan fingerprint density at radius 2 is 1.74 bits per heavy atom. The second-order valence-electron chi connectivity index (χ2n) is 5.72. The Balaban J connectivity index is 1.82. The molecule has 2 heterocycles. The number of aryl methyl sites for hydroxylation is 1. The predicted molar refractivity (Wildman–Crippen MR) is 92.6 cm³/mol. The van der Waals surface area contributed by atoms with E-state index in [0.717, 1.165) is 36.2 Å². The van der Waals surface area contributed by atoms with E-state index < -0.39 is 0 Å². The number of rotatable bonds is 5. The lowest BCUT2D eigenvalue weighted by molar-refractivity contribution is 0.736. The minimum Gasteiger partial charge on any atom is -0.347 e. The number of aromatic nitrogens is 2. The van der Waals surface area contributed by atoms with Crippen LogP contribution in [0.4, 0.5) is 0 Å². The van der Waals surface area contributed by atoms with Crippen molar-refractivity contribution in [1.29, 1.82) is 0 Å². The second-order valence-corrected chi connectivity index (χ2v) is 5.72. The first-order chi connectivity index (χ1) is 11.2. The van der Waals surface area contributed by atoms with Gasteiger partial charge in [0.1, 0.15) is 0 Å². The summed E-state index contributed by atoms with van der Waals surface area (Å²) in [5.41, 5.74) is 4.45. The third-order valence-corrected chi connectivity index (χ3v) is 4.15. The zero-order valence-corrected chi connectivity index (χ0v) is 13.3. The molecule has 0 aliphatic heterocycles. The lowest BCUT2D eigenvalue weighted by Crippen LogP contribution is -2.17. The van der Waals surface area contributed by atoms with Crippen molar-refractivity contribution in [3.05, 3.63) is 99.7 Å². The summed E-state index contributed by atoms with van der Waals surface area (Å²) in [5.74, 6) is 0. The van der Waals surface area contributed by atoms with Gasteiger partial charge in [-0.15, -0.1) is 0 Å². The Labute approximate surface area is 136 Å². The third-order valence-electron chi connectivity index (χ3n) is 4.15. The van der Waals surface area contributed by atoms with E-state index in [1.807, 2.05) is 49.6 Å². The fraction of sp³-hybridized carbons (Fsp3) is 0.200. The molecular formula is C20H20N2O. The van der Waals surface area contributed by atoms with Crippen molar-refractivity contribution in [3.63, 3.8) is 0 Å². The Bertz CT molecular complexity index is 823. The van der Waals surface area contributed by atoms with Gasteiger partial charge in [-0.2, -0.15) is 0 Å². The molecule has 0 fully saturated rings. The van der Waals surface area contributed by atoms with Gasteiger partial charge >= 0.3 is 0 Å². The quantitative estimate of drug-likeness (QED) is 0.724. The van der Waals surface area contributed by atoms with Gasteiger partial charge < -0.3 is 4.57 Å². The summed E-state index contributed by atoms with van der Waals surface area (Å²) in [6.45, 7) is 2.82. The van der Waals surface area contributed by atoms with Crippen molar-refractivity contribution < 1.29 is 0 Å². The lowest BCUT2D eigenvalue weighted by atomic mass is 10.0. The number of hydrogen-bond acceptors (Lipinski definition) is 2. The highest BCUT2D eigenvalue weighted by Gasteiger charge is 2.08. The molecular weight excluding hydrogens is 284 g/mol. The minimum atomic E-state index is 0.121. The van der Waals surface area contributed by atoms with Crippen LogP contribution in [0.1, 0.15) is 22.4 Å². The highest BCUT2D eigenvalue weighted by Crippen LogP contribution is 2.10. The van der Waals surface area contributed by atoms with Crippen LogP contribution in [-0.2, 0) is 19.4 Å². The molecule has 3 nitrogen and oxygen atoms in total. The maximum atomic E-state index is 12.2. The Morgan fingerprint density at radius 3 is 2.48 bits per heavy atom. The van der Waals surface area contributed by atoms with Gasteiger partial charge in [0.05, 0.1) is 0 Å². The van der Waals surface area contributed by atoms with Crippen LogP contribution in [0.2, 0.25) is 0 Å². The number of nitrogens with zero attached hydrogens (tertiary/aromatic N) is 2. The molecule has 0 saturated heterocycles. The van der Waals surface area contributed by atoms with Crippen LogP contribution in [0.25, 0.3) is 0 Å². The molecule has 3 heteroatoms. The van der Waals surface area contributed by atoms with Crippen molar-refractivity contribution in [2.45, 2.75) is 26.3 Å². The topological polar surface area (TPSA) is 34.9 Å². The van der Waals surface area contributed by atoms with Gasteiger partial charge in [-0.3, -0.25) is 9.78 Å². The van der Waals surface area contributed by atoms with Crippen molar-refractivity contribution in [2.24, 2.45) is 0 Å². The fourth-order valence-electron chi connectivity index (χ4n) is 2.79. The summed E-state index contributed by atoms with van der Waals surface area (Å²) in [6, 6.07) is 16.0. The minimum absolute atomic E-state index is 0.121. The normalized spacial score (nSPS) is 10.7. The van der Waals surface area contributed by atoms with Crippen LogP contribution in [0, 0.1) is 6.92 Å². The second kappa shape index (κ2) is 7.05. The third kappa shape index (κ3) is 3.75. The summed E-state index contributed by atoms with van der Waals surface area (Å²) in [6.07, 6.45) is 7.09. The Morgan fingerprint density at radius 1 is 0.957 bits per heavy atom. The van der Waals surface area contributed by atoms with Crippen molar-refractivity contribution in [2.75, 3.05) is 0 Å². The monoisotopic (exact) mass is 304 g/mol. The number of hydrogen-bond donors (Lipinski definition) is 0. The number of pyridine rings is 2. The molecule has 116 valence electrons. The van der Waals surface area contributed by atoms with Gasteiger partial charge in [-0.05, 0) is 37.0 Å². The Kier molecular flexibility index (Phi) is 4.67. The summed E-state index contributed by atoms with van der Waals surface area (Å²) in [5, 5.41) is 0. The summed E-state index contributed by atoms with van der Waals surface area (Å²) < 4.78 is 2.15. The van der Waals surface area contributed by atoms with Gasteiger partial charge in [0.25, 0.3) is 0 Å². The summed E-state index contributed by atoms with van der Waals surface area (Å²) >= 11 is 0. The maximum Gasteiger partial charge on any atom is 0.185 e. The SMILES string of the molecule is Cc1c(CCc2cccnc2)c(=O)ccn1Cc1ccccc1. The fourth-order valence-corrected chi connectivity index (χ4v) is 2.79. The predicted octanol–water partition coefficient (Wildman–Crippen LogP) is 3.39. The van der Waals surface area contributed by atoms with E-state index in [-0.39, 0.29) is 5.43 Å². The summed E-state index contributed by atoms with van der Waals surface area (Å²) in [7, 11) is 0. The van der Waals surface area contributed by atoms with E-state index in [1.54, 1.807) is 12.3 Å². The molecule has 0 saturated carbocycles. The van der Waals surface area contributed by atoms with E-state index in [1.165, 1.54) is 5.56 Å². The molecule has 3 aromatic rings. The molecule has 0 amide bonds. The van der Waals surface area contributed by atoms with Crippen molar-refractivity contribution in [1.82, 2.24) is 9.55 Å². The average molecular weight is 304 g/mol. The Hall–Kier alpha value is -2.68. The van der Waals surface area contributed by atoms with E-state index in [2.05, 4.69) is 21.7 Å². The molecule has 0 aliphatic carbocycles. The zero-order chi connectivity index (χ0) is 16.1. The van der Waals surface area contributed by atoms with Gasteiger partial charge in [-0.1, -0.05) is 36.4 Å². The standard InChI is InChI=1S/C20H20N2O/c1-16-19(10-9-17-8-5-12-21-14-17)20(23)11-13-22(16)15-18-6-3-2-4-7-18/h2-8,11-14H,9-10,15H2,1H3. The average Bonchev–Trinajstić information content (AvgIpc) is 2.59. The van der Waals surface area contributed by atoms with Crippen molar-refractivity contribution in [3.8, 4) is 0 Å². The first kappa shape index (κ1) is 15.2. The highest BCUT2D eigenvalue weighted by atomic mass is 16.1. The first-order valence-electron chi connectivity index (χ1n) is 7.86. The van der Waals surface area contributed by atoms with E-state index in [0.29, 0.717) is 0 Å². The molecule has 0 bridgehead atoms. The molecule has 0 N–H and O–H groups in total. The van der Waals surface area contributed by atoms with Crippen LogP contribution in [0.3, 0.4) is 0 Å². The molecule has 0 atom stereocenters. The largest absolute Gasteiger partial charge is 0.347 e. The molecule has 0 radical (unpaired) electrons. The number of benzene rings is 1. The van der Waals surface area contributed by atoms with E-state index >= 15 is 0 Å². The molecule has 1 aromatic carbocycles. The molecule has 2 aromatic heterocycles. The van der Waals surface area contributed by atoms with E-state index in [4.69, 9.17) is 0 Å². The molecule has 3 rings (SSSR count). The van der Waals surface area contributed by atoms with Crippen LogP contribution >= 0.6 is 0 Å². The summed E-state index contributed by atoms with van der Waals surface area (Å²) in [4.78, 5) is 16.4.